The van der Waals surface area contributed by atoms with E-state index in [2.05, 4.69) is 10.6 Å². The van der Waals surface area contributed by atoms with Gasteiger partial charge >= 0.3 is 0 Å². The highest BCUT2D eigenvalue weighted by Crippen LogP contribution is 2.37. The topological polar surface area (TPSA) is 102 Å². The predicted octanol–water partition coefficient (Wildman–Crippen LogP) is 2.85. The van der Waals surface area contributed by atoms with Crippen LogP contribution in [0.3, 0.4) is 0 Å². The highest BCUT2D eigenvalue weighted by atomic mass is 32.2. The first-order valence-corrected chi connectivity index (χ1v) is 12.0. The van der Waals surface area contributed by atoms with Crippen molar-refractivity contribution in [2.75, 3.05) is 18.2 Å². The van der Waals surface area contributed by atoms with Gasteiger partial charge in [0.05, 0.1) is 28.7 Å². The summed E-state index contributed by atoms with van der Waals surface area (Å²) in [5.74, 6) is -0.946. The van der Waals surface area contributed by atoms with Crippen LogP contribution in [0.15, 0.2) is 52.3 Å². The van der Waals surface area contributed by atoms with Crippen molar-refractivity contribution < 1.29 is 22.7 Å². The molecule has 2 aromatic carbocycles. The van der Waals surface area contributed by atoms with Crippen molar-refractivity contribution in [3.8, 4) is 5.75 Å². The minimum Gasteiger partial charge on any atom is -0.496 e. The first-order valence-electron chi connectivity index (χ1n) is 9.45. The molecule has 0 fully saturated rings. The normalized spacial score (nSPS) is 16.9. The molecule has 160 valence electrons. The third-order valence-corrected chi connectivity index (χ3v) is 7.89. The molecule has 2 N–H and O–H groups in total. The van der Waals surface area contributed by atoms with Crippen molar-refractivity contribution in [1.82, 2.24) is 5.32 Å². The lowest BCUT2D eigenvalue weighted by Crippen LogP contribution is -2.33. The number of anilines is 1. The van der Waals surface area contributed by atoms with Gasteiger partial charge in [-0.05, 0) is 31.2 Å². The molecule has 7 nitrogen and oxygen atoms in total. The molecule has 0 saturated carbocycles. The van der Waals surface area contributed by atoms with Gasteiger partial charge in [-0.1, -0.05) is 25.1 Å². The number of hydrogen-bond acceptors (Lipinski definition) is 6. The first-order chi connectivity index (χ1) is 14.2. The second-order valence-corrected chi connectivity index (χ2v) is 10.5. The van der Waals surface area contributed by atoms with Gasteiger partial charge in [-0.15, -0.1) is 11.8 Å². The minimum absolute atomic E-state index is 0.0843. The summed E-state index contributed by atoms with van der Waals surface area (Å²) in [5.41, 5.74) is 1.29. The van der Waals surface area contributed by atoms with E-state index >= 15 is 0 Å². The van der Waals surface area contributed by atoms with Crippen molar-refractivity contribution in [2.45, 2.75) is 35.4 Å². The summed E-state index contributed by atoms with van der Waals surface area (Å²) >= 11 is 1.38. The van der Waals surface area contributed by atoms with E-state index in [9.17, 15) is 18.0 Å². The molecule has 2 atom stereocenters. The summed E-state index contributed by atoms with van der Waals surface area (Å²) in [6.07, 6.45) is 0. The Morgan fingerprint density at radius 3 is 2.73 bits per heavy atom. The summed E-state index contributed by atoms with van der Waals surface area (Å²) in [7, 11) is -2.16. The Kier molecular flexibility index (Phi) is 6.72. The van der Waals surface area contributed by atoms with E-state index < -0.39 is 15.8 Å². The second kappa shape index (κ2) is 9.09. The fourth-order valence-corrected chi connectivity index (χ4v) is 5.59. The number of ether oxygens (including phenoxy) is 1. The molecular weight excluding hydrogens is 424 g/mol. The first kappa shape index (κ1) is 22.2. The maximum absolute atomic E-state index is 12.8. The number of fused-ring (bicyclic) bond motifs is 1. The molecule has 0 radical (unpaired) electrons. The van der Waals surface area contributed by atoms with Crippen LogP contribution < -0.4 is 15.4 Å². The average molecular weight is 449 g/mol. The highest BCUT2D eigenvalue weighted by Gasteiger charge is 2.27. The van der Waals surface area contributed by atoms with Gasteiger partial charge in [-0.3, -0.25) is 9.59 Å². The Labute approximate surface area is 180 Å². The predicted molar refractivity (Wildman–Crippen MR) is 116 cm³/mol. The quantitative estimate of drug-likeness (QED) is 0.675. The molecule has 0 bridgehead atoms. The summed E-state index contributed by atoms with van der Waals surface area (Å²) < 4.78 is 30.9. The maximum Gasteiger partial charge on any atom is 0.237 e. The summed E-state index contributed by atoms with van der Waals surface area (Å²) in [6.45, 7) is 3.61. The van der Waals surface area contributed by atoms with Crippen LogP contribution in [0.25, 0.3) is 0 Å². The number of thioether (sulfide) groups is 1. The highest BCUT2D eigenvalue weighted by molar-refractivity contribution is 8.01. The van der Waals surface area contributed by atoms with Crippen molar-refractivity contribution >= 4 is 39.1 Å². The molecule has 0 aromatic heterocycles. The van der Waals surface area contributed by atoms with Crippen molar-refractivity contribution in [1.29, 1.82) is 0 Å². The van der Waals surface area contributed by atoms with Crippen LogP contribution in [-0.2, 0) is 26.0 Å². The molecule has 0 unspecified atom stereocenters. The zero-order valence-corrected chi connectivity index (χ0v) is 18.6. The number of hydrogen-bond donors (Lipinski definition) is 2. The van der Waals surface area contributed by atoms with Gasteiger partial charge in [-0.25, -0.2) is 8.42 Å². The van der Waals surface area contributed by atoms with Crippen molar-refractivity contribution in [3.63, 3.8) is 0 Å². The van der Waals surface area contributed by atoms with E-state index in [0.29, 0.717) is 11.4 Å². The Morgan fingerprint density at radius 2 is 2.00 bits per heavy atom. The summed E-state index contributed by atoms with van der Waals surface area (Å²) in [4.78, 5) is 25.2. The van der Waals surface area contributed by atoms with Crippen LogP contribution in [0, 0.1) is 5.92 Å². The third kappa shape index (κ3) is 4.96. The number of sulfone groups is 1. The number of amides is 2. The number of benzene rings is 2. The fourth-order valence-electron chi connectivity index (χ4n) is 3.09. The zero-order valence-electron chi connectivity index (χ0n) is 17.0. The van der Waals surface area contributed by atoms with E-state index in [-0.39, 0.29) is 34.3 Å². The standard InChI is InChI=1S/C21H24N2O5S2/c1-13(20(24)22-11-15-6-4-5-7-18(15)28-3)12-30(26,27)16-8-9-19-17(10-16)23-21(25)14(2)29-19/h4-10,13-14H,11-12H2,1-3H3,(H,22,24)(H,23,25)/t13-,14+/m1/s1. The van der Waals surface area contributed by atoms with Crippen LogP contribution in [0.2, 0.25) is 0 Å². The minimum atomic E-state index is -3.71. The zero-order chi connectivity index (χ0) is 21.9. The number of carbonyl (C=O) groups excluding carboxylic acids is 2. The molecule has 2 amide bonds. The smallest absolute Gasteiger partial charge is 0.237 e. The largest absolute Gasteiger partial charge is 0.496 e. The van der Waals surface area contributed by atoms with Gasteiger partial charge in [0, 0.05) is 22.9 Å². The monoisotopic (exact) mass is 448 g/mol. The molecule has 1 aliphatic heterocycles. The SMILES string of the molecule is COc1ccccc1CNC(=O)[C@H](C)CS(=O)(=O)c1ccc2c(c1)NC(=O)[C@H](C)S2. The van der Waals surface area contributed by atoms with Gasteiger partial charge in [0.25, 0.3) is 0 Å². The molecule has 1 heterocycles. The molecular formula is C21H24N2O5S2. The van der Waals surface area contributed by atoms with Gasteiger partial charge in [0.15, 0.2) is 9.84 Å². The molecule has 30 heavy (non-hydrogen) atoms. The van der Waals surface area contributed by atoms with Gasteiger partial charge < -0.3 is 15.4 Å². The summed E-state index contributed by atoms with van der Waals surface area (Å²) in [5, 5.41) is 5.27. The molecule has 9 heteroatoms. The van der Waals surface area contributed by atoms with Crippen LogP contribution in [-0.4, -0.2) is 38.3 Å². The van der Waals surface area contributed by atoms with E-state index in [1.807, 2.05) is 18.2 Å². The lowest BCUT2D eigenvalue weighted by atomic mass is 10.1. The van der Waals surface area contributed by atoms with Crippen molar-refractivity contribution in [2.24, 2.45) is 5.92 Å². The Balaban J connectivity index is 1.67. The van der Waals surface area contributed by atoms with E-state index in [4.69, 9.17) is 4.74 Å². The molecule has 0 aliphatic carbocycles. The molecule has 2 aromatic rings. The molecule has 0 spiro atoms. The van der Waals surface area contributed by atoms with Crippen molar-refractivity contribution in [3.05, 3.63) is 48.0 Å². The molecule has 0 saturated heterocycles. The Bertz CT molecular complexity index is 1070. The second-order valence-electron chi connectivity index (χ2n) is 7.12. The van der Waals surface area contributed by atoms with Gasteiger partial charge in [-0.2, -0.15) is 0 Å². The Hall–Kier alpha value is -2.52. The lowest BCUT2D eigenvalue weighted by molar-refractivity contribution is -0.124. The Morgan fingerprint density at radius 1 is 1.27 bits per heavy atom. The van der Waals surface area contributed by atoms with Crippen LogP contribution >= 0.6 is 11.8 Å². The molecule has 3 rings (SSSR count). The van der Waals surface area contributed by atoms with Crippen LogP contribution in [0.4, 0.5) is 5.69 Å². The lowest BCUT2D eigenvalue weighted by Gasteiger charge is -2.22. The fraction of sp³-hybridized carbons (Fsp3) is 0.333. The third-order valence-electron chi connectivity index (χ3n) is 4.80. The van der Waals surface area contributed by atoms with E-state index in [1.54, 1.807) is 33.1 Å². The van der Waals surface area contributed by atoms with E-state index in [1.165, 1.54) is 23.9 Å². The number of nitrogens with one attached hydrogen (secondary N) is 2. The number of methoxy groups -OCH3 is 1. The number of carbonyl (C=O) groups is 2. The number of para-hydroxylation sites is 1. The van der Waals surface area contributed by atoms with Crippen LogP contribution in [0.5, 0.6) is 5.75 Å². The van der Waals surface area contributed by atoms with Gasteiger partial charge in [0.1, 0.15) is 5.75 Å². The molecule has 1 aliphatic rings. The summed E-state index contributed by atoms with van der Waals surface area (Å²) in [6, 6.07) is 12.0. The van der Waals surface area contributed by atoms with Gasteiger partial charge in [0.2, 0.25) is 11.8 Å². The van der Waals surface area contributed by atoms with Crippen LogP contribution in [0.1, 0.15) is 19.4 Å². The number of rotatable bonds is 7. The van der Waals surface area contributed by atoms with E-state index in [0.717, 1.165) is 10.5 Å². The average Bonchev–Trinajstić information content (AvgIpc) is 2.72. The maximum atomic E-state index is 12.8.